The van der Waals surface area contributed by atoms with Crippen molar-refractivity contribution in [3.63, 3.8) is 0 Å². The molecular formula is C14H24N6O. The summed E-state index contributed by atoms with van der Waals surface area (Å²) in [5.74, 6) is 0.767. The smallest absolute Gasteiger partial charge is 0.174 e. The molecule has 1 fully saturated rings. The van der Waals surface area contributed by atoms with Gasteiger partial charge in [-0.2, -0.15) is 5.10 Å². The summed E-state index contributed by atoms with van der Waals surface area (Å²) in [5.41, 5.74) is 8.21. The Balaban J connectivity index is 2.37. The number of hydrogen-bond donors (Lipinski definition) is 2. The average Bonchev–Trinajstić information content (AvgIpc) is 2.49. The molecule has 7 heteroatoms. The number of nitrogens with zero attached hydrogens (tertiary/aromatic N) is 5. The van der Waals surface area contributed by atoms with E-state index in [0.29, 0.717) is 17.4 Å². The number of amidine groups is 1. The van der Waals surface area contributed by atoms with Gasteiger partial charge in [-0.3, -0.25) is 0 Å². The van der Waals surface area contributed by atoms with Crippen LogP contribution in [0.5, 0.6) is 0 Å². The fraction of sp³-hybridized carbons (Fsp3) is 0.643. The second-order valence-electron chi connectivity index (χ2n) is 5.74. The van der Waals surface area contributed by atoms with Crippen molar-refractivity contribution < 1.29 is 5.21 Å². The Kier molecular flexibility index (Phi) is 4.62. The number of hydrogen-bond acceptors (Lipinski definition) is 6. The summed E-state index contributed by atoms with van der Waals surface area (Å²) in [7, 11) is 4.14. The van der Waals surface area contributed by atoms with E-state index in [1.165, 1.54) is 0 Å². The predicted molar refractivity (Wildman–Crippen MR) is 82.9 cm³/mol. The third kappa shape index (κ3) is 3.07. The Morgan fingerprint density at radius 2 is 1.95 bits per heavy atom. The monoisotopic (exact) mass is 292 g/mol. The lowest BCUT2D eigenvalue weighted by Crippen LogP contribution is -2.43. The van der Waals surface area contributed by atoms with E-state index in [-0.39, 0.29) is 5.84 Å². The van der Waals surface area contributed by atoms with Gasteiger partial charge < -0.3 is 20.7 Å². The second kappa shape index (κ2) is 6.26. The fourth-order valence-electron chi connectivity index (χ4n) is 2.75. The predicted octanol–water partition coefficient (Wildman–Crippen LogP) is 0.718. The number of aryl methyl sites for hydroxylation is 1. The molecule has 0 atom stereocenters. The fourth-order valence-corrected chi connectivity index (χ4v) is 2.75. The molecule has 1 aromatic rings. The van der Waals surface area contributed by atoms with E-state index >= 15 is 0 Å². The summed E-state index contributed by atoms with van der Waals surface area (Å²) >= 11 is 0. The lowest BCUT2D eigenvalue weighted by molar-refractivity contribution is 0.252. The average molecular weight is 292 g/mol. The molecule has 0 bridgehead atoms. The Morgan fingerprint density at radius 3 is 2.52 bits per heavy atom. The van der Waals surface area contributed by atoms with E-state index in [9.17, 15) is 0 Å². The zero-order chi connectivity index (χ0) is 15.6. The maximum Gasteiger partial charge on any atom is 0.174 e. The van der Waals surface area contributed by atoms with Crippen LogP contribution >= 0.6 is 0 Å². The van der Waals surface area contributed by atoms with Crippen LogP contribution in [0, 0.1) is 13.8 Å². The van der Waals surface area contributed by atoms with Gasteiger partial charge in [-0.05, 0) is 52.4 Å². The minimum Gasteiger partial charge on any atom is -0.409 e. The highest BCUT2D eigenvalue weighted by Gasteiger charge is 2.26. The van der Waals surface area contributed by atoms with E-state index < -0.39 is 0 Å². The molecule has 1 aliphatic rings. The van der Waals surface area contributed by atoms with Gasteiger partial charge in [0.15, 0.2) is 11.7 Å². The van der Waals surface area contributed by atoms with Crippen LogP contribution in [0.15, 0.2) is 5.16 Å². The maximum atomic E-state index is 9.04. The van der Waals surface area contributed by atoms with Crippen LogP contribution in [-0.2, 0) is 0 Å². The van der Waals surface area contributed by atoms with Crippen molar-refractivity contribution in [3.8, 4) is 0 Å². The molecule has 0 saturated carbocycles. The molecule has 0 amide bonds. The van der Waals surface area contributed by atoms with Crippen LogP contribution in [0.25, 0.3) is 0 Å². The number of nitrogens with two attached hydrogens (primary N) is 1. The first-order valence-electron chi connectivity index (χ1n) is 7.18. The van der Waals surface area contributed by atoms with Crippen molar-refractivity contribution >= 4 is 11.7 Å². The molecular weight excluding hydrogens is 268 g/mol. The summed E-state index contributed by atoms with van der Waals surface area (Å²) in [6, 6.07) is 0.392. The lowest BCUT2D eigenvalue weighted by Gasteiger charge is -2.36. The molecule has 21 heavy (non-hydrogen) atoms. The van der Waals surface area contributed by atoms with Gasteiger partial charge in [-0.1, -0.05) is 5.16 Å². The Labute approximate surface area is 125 Å². The molecule has 0 aromatic carbocycles. The molecule has 116 valence electrons. The number of likely N-dealkylation sites (tertiary alicyclic amines) is 1. The molecule has 7 nitrogen and oxygen atoms in total. The summed E-state index contributed by atoms with van der Waals surface area (Å²) in [5, 5.41) is 20.7. The molecule has 0 spiro atoms. The van der Waals surface area contributed by atoms with Gasteiger partial charge >= 0.3 is 0 Å². The van der Waals surface area contributed by atoms with E-state index in [0.717, 1.165) is 37.2 Å². The van der Waals surface area contributed by atoms with Crippen LogP contribution in [0.2, 0.25) is 0 Å². The number of aromatic nitrogens is 2. The number of oxime groups is 1. The van der Waals surface area contributed by atoms with Crippen molar-refractivity contribution in [2.75, 3.05) is 32.1 Å². The normalized spacial score (nSPS) is 18.0. The van der Waals surface area contributed by atoms with Crippen molar-refractivity contribution in [1.82, 2.24) is 15.1 Å². The van der Waals surface area contributed by atoms with Crippen LogP contribution in [0.4, 0.5) is 5.82 Å². The third-order valence-corrected chi connectivity index (χ3v) is 4.37. The van der Waals surface area contributed by atoms with Crippen LogP contribution in [0.1, 0.15) is 29.7 Å². The molecule has 2 heterocycles. The van der Waals surface area contributed by atoms with E-state index in [2.05, 4.69) is 32.2 Å². The third-order valence-electron chi connectivity index (χ3n) is 4.37. The lowest BCUT2D eigenvalue weighted by atomic mass is 10.0. The second-order valence-corrected chi connectivity index (χ2v) is 5.74. The zero-order valence-electron chi connectivity index (χ0n) is 13.2. The van der Waals surface area contributed by atoms with Gasteiger partial charge in [-0.15, -0.1) is 5.10 Å². The minimum atomic E-state index is 0.0836. The molecule has 0 unspecified atom stereocenters. The maximum absolute atomic E-state index is 9.04. The van der Waals surface area contributed by atoms with Crippen LogP contribution in [0.3, 0.4) is 0 Å². The molecule has 1 saturated heterocycles. The molecule has 0 aliphatic carbocycles. The summed E-state index contributed by atoms with van der Waals surface area (Å²) < 4.78 is 0. The van der Waals surface area contributed by atoms with Crippen molar-refractivity contribution in [1.29, 1.82) is 0 Å². The van der Waals surface area contributed by atoms with Gasteiger partial charge in [0.25, 0.3) is 0 Å². The van der Waals surface area contributed by atoms with Gasteiger partial charge in [0.2, 0.25) is 0 Å². The summed E-state index contributed by atoms with van der Waals surface area (Å²) in [6.07, 6.45) is 2.13. The summed E-state index contributed by atoms with van der Waals surface area (Å²) in [6.45, 7) is 5.91. The largest absolute Gasteiger partial charge is 0.409 e. The highest BCUT2D eigenvalue weighted by Crippen LogP contribution is 2.25. The number of anilines is 1. The van der Waals surface area contributed by atoms with Gasteiger partial charge in [0, 0.05) is 13.1 Å². The molecule has 0 radical (unpaired) electrons. The van der Waals surface area contributed by atoms with Crippen molar-refractivity contribution in [3.05, 3.63) is 16.8 Å². The standard InChI is InChI=1S/C14H24N6O/c1-9-10(2)16-17-14(12(9)13(15)18-21)20(4)11-5-7-19(3)8-6-11/h11,21H,5-8H2,1-4H3,(H2,15,18). The first-order valence-corrected chi connectivity index (χ1v) is 7.18. The van der Waals surface area contributed by atoms with E-state index in [4.69, 9.17) is 10.9 Å². The zero-order valence-corrected chi connectivity index (χ0v) is 13.2. The van der Waals surface area contributed by atoms with Gasteiger partial charge in [0.05, 0.1) is 11.3 Å². The van der Waals surface area contributed by atoms with E-state index in [1.54, 1.807) is 0 Å². The van der Waals surface area contributed by atoms with Crippen molar-refractivity contribution in [2.45, 2.75) is 32.7 Å². The Morgan fingerprint density at radius 1 is 1.33 bits per heavy atom. The highest BCUT2D eigenvalue weighted by molar-refractivity contribution is 6.02. The Bertz CT molecular complexity index is 537. The van der Waals surface area contributed by atoms with Crippen molar-refractivity contribution in [2.24, 2.45) is 10.9 Å². The quantitative estimate of drug-likeness (QED) is 0.369. The van der Waals surface area contributed by atoms with Crippen LogP contribution in [-0.4, -0.2) is 59.4 Å². The number of rotatable bonds is 3. The first-order chi connectivity index (χ1) is 9.95. The minimum absolute atomic E-state index is 0.0836. The molecule has 2 rings (SSSR count). The molecule has 1 aliphatic heterocycles. The highest BCUT2D eigenvalue weighted by atomic mass is 16.4. The topological polar surface area (TPSA) is 90.9 Å². The van der Waals surface area contributed by atoms with Gasteiger partial charge in [0.1, 0.15) is 0 Å². The van der Waals surface area contributed by atoms with Crippen LogP contribution < -0.4 is 10.6 Å². The Hall–Kier alpha value is -1.89. The SMILES string of the molecule is Cc1nnc(N(C)C2CCN(C)CC2)c(/C(N)=N/O)c1C. The number of piperidine rings is 1. The molecule has 3 N–H and O–H groups in total. The van der Waals surface area contributed by atoms with Gasteiger partial charge in [-0.25, -0.2) is 0 Å². The van der Waals surface area contributed by atoms with E-state index in [1.807, 2.05) is 20.9 Å². The first kappa shape index (κ1) is 15.5. The summed E-state index contributed by atoms with van der Waals surface area (Å²) in [4.78, 5) is 4.43. The molecule has 1 aromatic heterocycles.